The zero-order valence-corrected chi connectivity index (χ0v) is 68.6. The summed E-state index contributed by atoms with van der Waals surface area (Å²) in [4.78, 5) is 62.5. The molecule has 0 spiro atoms. The summed E-state index contributed by atoms with van der Waals surface area (Å²) in [6.45, 7) is 16.4. The van der Waals surface area contributed by atoms with Crippen LogP contribution in [0.3, 0.4) is 0 Å². The number of aromatic amines is 5. The van der Waals surface area contributed by atoms with Gasteiger partial charge in [-0.05, 0) is 199 Å². The monoisotopic (exact) mass is 1590 g/mol. The maximum Gasteiger partial charge on any atom is 0.419 e. The molecule has 119 heavy (non-hydrogen) atoms. The van der Waals surface area contributed by atoms with Crippen LogP contribution in [0.5, 0.6) is 5.75 Å². The van der Waals surface area contributed by atoms with Gasteiger partial charge < -0.3 is 73.6 Å². The third kappa shape index (κ3) is 17.7. The van der Waals surface area contributed by atoms with E-state index in [0.29, 0.717) is 52.0 Å². The van der Waals surface area contributed by atoms with Crippen LogP contribution in [0.2, 0.25) is 0 Å². The number of carbonyl (C=O) groups is 2. The lowest BCUT2D eigenvalue weighted by Crippen LogP contribution is -2.25. The molecule has 0 saturated carbocycles. The maximum absolute atomic E-state index is 13.5. The first kappa shape index (κ1) is 81.7. The van der Waals surface area contributed by atoms with Crippen molar-refractivity contribution in [3.8, 4) is 5.75 Å². The average Bonchev–Trinajstić information content (AvgIpc) is 1.62. The number of allylic oxidation sites excluding steroid dienone is 3. The van der Waals surface area contributed by atoms with Crippen LogP contribution in [0.4, 0.5) is 4.79 Å². The number of aliphatic hydroxyl groups excluding tert-OH is 4. The minimum Gasteiger partial charge on any atom is -0.494 e. The van der Waals surface area contributed by atoms with E-state index in [1.807, 2.05) is 179 Å². The number of nitrogens with zero attached hydrogens (tertiary/aromatic N) is 7. The van der Waals surface area contributed by atoms with E-state index in [1.165, 1.54) is 21.3 Å². The molecule has 23 heteroatoms. The molecule has 1 unspecified atom stereocenters. The zero-order valence-electron chi connectivity index (χ0n) is 68.6. The van der Waals surface area contributed by atoms with Crippen molar-refractivity contribution in [3.05, 3.63) is 340 Å². The van der Waals surface area contributed by atoms with Gasteiger partial charge in [0, 0.05) is 115 Å². The largest absolute Gasteiger partial charge is 0.494 e. The van der Waals surface area contributed by atoms with Crippen molar-refractivity contribution in [2.45, 2.75) is 80.9 Å². The van der Waals surface area contributed by atoms with Gasteiger partial charge in [-0.25, -0.2) is 29.3 Å². The number of fused-ring (bicyclic) bond motifs is 4. The Morgan fingerprint density at radius 3 is 1.45 bits per heavy atom. The predicted octanol–water partition coefficient (Wildman–Crippen LogP) is 13.8. The van der Waals surface area contributed by atoms with Crippen molar-refractivity contribution < 1.29 is 53.7 Å². The lowest BCUT2D eigenvalue weighted by molar-refractivity contribution is 0.0328. The molecule has 23 nitrogen and oxygen atoms in total. The average molecular weight is 1590 g/mol. The second kappa shape index (κ2) is 36.1. The van der Waals surface area contributed by atoms with Gasteiger partial charge in [0.15, 0.2) is 0 Å². The number of carbonyl (C=O) groups excluding carboxylic acids is 2. The van der Waals surface area contributed by atoms with Crippen LogP contribution in [0.25, 0.3) is 68.8 Å². The number of methoxy groups -OCH3 is 4. The van der Waals surface area contributed by atoms with Gasteiger partial charge in [-0.15, -0.1) is 0 Å². The van der Waals surface area contributed by atoms with E-state index in [1.54, 1.807) is 45.1 Å². The Kier molecular flexibility index (Phi) is 24.8. The Labute approximate surface area is 687 Å². The number of aliphatic imine (C=N–C) groups is 3. The molecule has 0 bridgehead atoms. The van der Waals surface area contributed by atoms with Crippen LogP contribution < -0.4 is 26.0 Å². The van der Waals surface area contributed by atoms with Crippen molar-refractivity contribution in [2.75, 3.05) is 54.9 Å². The number of hydrogen-bond acceptors (Lipinski definition) is 15. The fourth-order valence-corrected chi connectivity index (χ4v) is 15.2. The molecule has 5 aromatic carbocycles. The first-order valence-electron chi connectivity index (χ1n) is 39.3. The van der Waals surface area contributed by atoms with Crippen molar-refractivity contribution in [1.29, 1.82) is 0 Å². The summed E-state index contributed by atoms with van der Waals surface area (Å²) >= 11 is 0. The number of rotatable bonds is 20. The highest BCUT2D eigenvalue weighted by Crippen LogP contribution is 2.34. The molecule has 0 radical (unpaired) electrons. The van der Waals surface area contributed by atoms with Gasteiger partial charge in [-0.2, -0.15) is 0 Å². The topological polar surface area (TPSA) is 304 Å². The van der Waals surface area contributed by atoms with Crippen molar-refractivity contribution in [3.63, 3.8) is 0 Å². The summed E-state index contributed by atoms with van der Waals surface area (Å²) in [7, 11) is 6.55. The third-order valence-electron chi connectivity index (χ3n) is 21.0. The highest BCUT2D eigenvalue weighted by molar-refractivity contribution is 6.18. The normalized spacial score (nSPS) is 15.3. The second-order valence-corrected chi connectivity index (χ2v) is 29.4. The summed E-state index contributed by atoms with van der Waals surface area (Å²) < 4.78 is 32.8. The Bertz CT molecular complexity index is 6600. The molecule has 1 atom stereocenters. The van der Waals surface area contributed by atoms with Gasteiger partial charge in [0.05, 0.1) is 109 Å². The van der Waals surface area contributed by atoms with Crippen molar-refractivity contribution >= 4 is 97.9 Å². The smallest absolute Gasteiger partial charge is 0.419 e. The fraction of sp³-hybridized carbons (Fsp3) is 0.208. The minimum atomic E-state index is -1.14. The van der Waals surface area contributed by atoms with Crippen molar-refractivity contribution in [2.24, 2.45) is 20.0 Å². The standard InChI is InChI=1S/C27H23N3O2.C24H25N3O5.C23H25N3O2.C22H23N3O2/c1-17-13-18(2)28-21(17)15-23-26(32-3)16-22(29-23)25-14-20-11-7-8-12-24(20)30(25)27(31)19-9-5-4-6-10-19;1-14-8-15(2)25-18(14)10-20-23(31-3)11-19(26-20)22-9-16-6-4-5-7-21(16)27(22)24(30)32-13-17(29)12-28;1-14-17(8-6-10-27)15(2)24-19(14)12-22-23(28-3)13-21(26-22)20-11-16-7-4-5-9-18(16)25-20;1-14-10-15(2)23-17(14)12-19-22(27-3)13-18(24-19)21-11-16-6-4-5-7-20(16)25(21)8-9-26/h4-16,28H,1-3H3;4-11,17,25,28-29H,12-13H2,1-3H3;4-5,7,9,11-13,24,26-27H,6,8,10H2,1-3H3;4-7,10-13,23,26H,8-9H2,1-3H3/b23-15+;20-10-;21-20?,22-12-;19-12-. The zero-order chi connectivity index (χ0) is 83.7. The molecule has 4 aliphatic heterocycles. The number of para-hydroxylation sites is 4. The summed E-state index contributed by atoms with van der Waals surface area (Å²) in [5.74, 6) is 2.66. The lowest BCUT2D eigenvalue weighted by Gasteiger charge is -2.11. The third-order valence-corrected chi connectivity index (χ3v) is 21.0. The van der Waals surface area contributed by atoms with Gasteiger partial charge in [0.25, 0.3) is 5.91 Å². The Morgan fingerprint density at radius 1 is 0.479 bits per heavy atom. The molecule has 0 saturated heterocycles. The number of hydrogen-bond donors (Lipinski definition) is 9. The molecule has 0 fully saturated rings. The molecular formula is C96H96N12O11. The van der Waals surface area contributed by atoms with E-state index >= 15 is 0 Å². The first-order valence-corrected chi connectivity index (χ1v) is 39.3. The Hall–Kier alpha value is -13.8. The Morgan fingerprint density at radius 2 is 0.958 bits per heavy atom. The molecule has 12 heterocycles. The number of aliphatic hydroxyl groups is 4. The number of aromatic nitrogens is 8. The van der Waals surface area contributed by atoms with Gasteiger partial charge in [-0.1, -0.05) is 91.0 Å². The van der Waals surface area contributed by atoms with Crippen LogP contribution >= 0.6 is 0 Å². The maximum atomic E-state index is 13.5. The van der Waals surface area contributed by atoms with Gasteiger partial charge in [0.1, 0.15) is 52.8 Å². The molecule has 17 rings (SSSR count). The number of benzene rings is 5. The highest BCUT2D eigenvalue weighted by atomic mass is 16.6. The second-order valence-electron chi connectivity index (χ2n) is 29.4. The van der Waals surface area contributed by atoms with Crippen LogP contribution in [0, 0.1) is 55.4 Å². The quantitative estimate of drug-likeness (QED) is 0.0345. The van der Waals surface area contributed by atoms with E-state index < -0.39 is 18.8 Å². The molecule has 8 aromatic heterocycles. The highest BCUT2D eigenvalue weighted by Gasteiger charge is 2.28. The summed E-state index contributed by atoms with van der Waals surface area (Å²) in [5, 5.41) is 44.1. The molecule has 0 amide bonds. The molecule has 9 N–H and O–H groups in total. The summed E-state index contributed by atoms with van der Waals surface area (Å²) in [6, 6.07) is 55.1. The van der Waals surface area contributed by atoms with Crippen LogP contribution in [0.15, 0.2) is 242 Å². The summed E-state index contributed by atoms with van der Waals surface area (Å²) in [5.41, 5.74) is 24.9. The van der Waals surface area contributed by atoms with Crippen LogP contribution in [-0.4, -0.2) is 149 Å². The molecule has 4 aliphatic rings. The van der Waals surface area contributed by atoms with E-state index in [0.717, 1.165) is 164 Å². The Balaban J connectivity index is 0.000000130. The SMILES string of the molecule is COC1=CC(c2cc3ccccc3n2C(=O)OCC(O)CO)=N/C1=C\c1[nH]c(C)cc1C.COC1=CC(c2cc3ccccc3n2C(=O)c2ccccc2)=N/C1=C/c1[nH]c(C)cc1C.COC1=CC(c2cc3ccccc3n2CCO)=N/C1=C\c1[nH]c(C)cc1C.COc1cc(=C2C=c3ccccc3=N2)[nH]/c1=C\c1[nH]c(C)c(CCCO)c1C. The van der Waals surface area contributed by atoms with E-state index in [2.05, 4.69) is 112 Å². The first-order chi connectivity index (χ1) is 57.7. The van der Waals surface area contributed by atoms with Gasteiger partial charge in [-0.3, -0.25) is 9.36 Å². The van der Waals surface area contributed by atoms with Crippen LogP contribution in [0.1, 0.15) is 107 Å². The fourth-order valence-electron chi connectivity index (χ4n) is 15.2. The molecule has 0 aliphatic carbocycles. The minimum absolute atomic E-state index is 0.0729. The number of ether oxygens (including phenoxy) is 5. The van der Waals surface area contributed by atoms with Gasteiger partial charge >= 0.3 is 6.09 Å². The van der Waals surface area contributed by atoms with Crippen molar-refractivity contribution in [1.82, 2.24) is 38.6 Å². The van der Waals surface area contributed by atoms with E-state index in [9.17, 15) is 19.8 Å². The lowest BCUT2D eigenvalue weighted by atomic mass is 10.1. The predicted molar refractivity (Wildman–Crippen MR) is 469 cm³/mol. The number of aryl methyl sites for hydroxylation is 7. The number of H-pyrrole nitrogens is 5. The summed E-state index contributed by atoms with van der Waals surface area (Å²) in [6.07, 6.45) is 15.5. The van der Waals surface area contributed by atoms with Crippen LogP contribution in [-0.2, 0) is 31.9 Å². The van der Waals surface area contributed by atoms with E-state index in [-0.39, 0.29) is 25.7 Å². The van der Waals surface area contributed by atoms with Gasteiger partial charge in [0.2, 0.25) is 0 Å². The number of nitrogens with one attached hydrogen (secondary N) is 5. The van der Waals surface area contributed by atoms with E-state index in [4.69, 9.17) is 53.9 Å². The molecular weight excluding hydrogens is 1500 g/mol. The molecule has 13 aromatic rings. The molecule has 606 valence electrons.